The van der Waals surface area contributed by atoms with Gasteiger partial charge >= 0.3 is 6.18 Å². The Kier molecular flexibility index (Phi) is 16.9. The number of methoxy groups -OCH3 is 3. The average molecular weight is 835 g/mol. The van der Waals surface area contributed by atoms with Gasteiger partial charge in [-0.2, -0.15) is 13.2 Å². The molecule has 9 nitrogen and oxygen atoms in total. The predicted molar refractivity (Wildman–Crippen MR) is 195 cm³/mol. The molecule has 4 aromatic rings. The highest BCUT2D eigenvalue weighted by atomic mass is 79.9. The summed E-state index contributed by atoms with van der Waals surface area (Å²) >= 11 is 15.5. The van der Waals surface area contributed by atoms with Crippen LogP contribution in [0.25, 0.3) is 33.4 Å². The van der Waals surface area contributed by atoms with E-state index >= 15 is 0 Å². The maximum atomic E-state index is 14.9. The van der Waals surface area contributed by atoms with Crippen LogP contribution in [0.4, 0.5) is 13.2 Å². The fraction of sp³-hybridized carbons (Fsp3) is 0.351. The molecule has 282 valence electrons. The van der Waals surface area contributed by atoms with Gasteiger partial charge in [0, 0.05) is 42.5 Å². The average Bonchev–Trinajstić information content (AvgIpc) is 3.12. The Morgan fingerprint density at radius 2 is 1.21 bits per heavy atom. The minimum absolute atomic E-state index is 0.0925. The zero-order chi connectivity index (χ0) is 37.5. The highest BCUT2D eigenvalue weighted by molar-refractivity contribution is 9.10. The second-order valence-electron chi connectivity index (χ2n) is 10.9. The van der Waals surface area contributed by atoms with E-state index < -0.39 is 24.8 Å². The molecule has 0 amide bonds. The Morgan fingerprint density at radius 1 is 0.635 bits per heavy atom. The van der Waals surface area contributed by atoms with Gasteiger partial charge in [0.05, 0.1) is 36.5 Å². The van der Waals surface area contributed by atoms with Crippen molar-refractivity contribution >= 4 is 39.1 Å². The lowest BCUT2D eigenvalue weighted by molar-refractivity contribution is -0.211. The van der Waals surface area contributed by atoms with Crippen LogP contribution in [0.5, 0.6) is 11.5 Å². The second-order valence-corrected chi connectivity index (χ2v) is 12.5. The zero-order valence-corrected chi connectivity index (χ0v) is 31.7. The van der Waals surface area contributed by atoms with Crippen LogP contribution in [0.1, 0.15) is 5.56 Å². The van der Waals surface area contributed by atoms with Crippen molar-refractivity contribution in [3.63, 3.8) is 0 Å². The molecule has 0 bridgehead atoms. The SMILES string of the molecule is COCCOCOc1ccc(-c2ccc(Cl)cc2)cc1-c1cc(-c2ccc(Cl)cc2)c(C(F)(F)F)c(Br)c1OCOCC(OC)OCOCCOC. The van der Waals surface area contributed by atoms with Crippen LogP contribution < -0.4 is 9.47 Å². The third-order valence-corrected chi connectivity index (χ3v) is 8.67. The van der Waals surface area contributed by atoms with Crippen molar-refractivity contribution in [1.82, 2.24) is 0 Å². The highest BCUT2D eigenvalue weighted by Gasteiger charge is 2.39. The van der Waals surface area contributed by atoms with Crippen molar-refractivity contribution in [2.75, 3.05) is 74.7 Å². The molecule has 0 spiro atoms. The van der Waals surface area contributed by atoms with Crippen molar-refractivity contribution in [3.05, 3.63) is 92.9 Å². The Balaban J connectivity index is 1.81. The van der Waals surface area contributed by atoms with Crippen LogP contribution >= 0.6 is 39.1 Å². The number of alkyl halides is 3. The molecule has 0 N–H and O–H groups in total. The number of hydrogen-bond acceptors (Lipinski definition) is 9. The molecule has 4 aromatic carbocycles. The molecule has 0 aromatic heterocycles. The topological polar surface area (TPSA) is 83.1 Å². The van der Waals surface area contributed by atoms with E-state index in [0.29, 0.717) is 41.2 Å². The summed E-state index contributed by atoms with van der Waals surface area (Å²) < 4.78 is 93.8. The van der Waals surface area contributed by atoms with Crippen LogP contribution in [0, 0.1) is 0 Å². The molecular formula is C37H38BrCl2F3O9. The maximum Gasteiger partial charge on any atom is 0.418 e. The molecule has 52 heavy (non-hydrogen) atoms. The minimum atomic E-state index is -4.80. The van der Waals surface area contributed by atoms with E-state index in [-0.39, 0.29) is 53.7 Å². The molecule has 0 aliphatic heterocycles. The summed E-state index contributed by atoms with van der Waals surface area (Å²) in [6, 6.07) is 20.0. The first-order chi connectivity index (χ1) is 25.1. The fourth-order valence-corrected chi connectivity index (χ4v) is 5.87. The van der Waals surface area contributed by atoms with Gasteiger partial charge in [-0.3, -0.25) is 0 Å². The van der Waals surface area contributed by atoms with Crippen molar-refractivity contribution in [2.45, 2.75) is 12.5 Å². The molecule has 1 unspecified atom stereocenters. The lowest BCUT2D eigenvalue weighted by Gasteiger charge is -2.23. The van der Waals surface area contributed by atoms with E-state index in [2.05, 4.69) is 15.9 Å². The van der Waals surface area contributed by atoms with Gasteiger partial charge in [-0.1, -0.05) is 53.5 Å². The number of benzene rings is 4. The summed E-state index contributed by atoms with van der Waals surface area (Å²) in [7, 11) is 4.51. The first-order valence-corrected chi connectivity index (χ1v) is 17.3. The summed E-state index contributed by atoms with van der Waals surface area (Å²) in [6.45, 7) is 0.463. The molecule has 0 aliphatic rings. The molecule has 4 rings (SSSR count). The molecule has 1 atom stereocenters. The van der Waals surface area contributed by atoms with Crippen LogP contribution in [-0.2, 0) is 39.3 Å². The van der Waals surface area contributed by atoms with Crippen LogP contribution in [0.15, 0.2) is 77.3 Å². The second kappa shape index (κ2) is 21.1. The van der Waals surface area contributed by atoms with Crippen molar-refractivity contribution < 1.29 is 55.8 Å². The van der Waals surface area contributed by atoms with E-state index in [4.69, 9.17) is 65.8 Å². The highest BCUT2D eigenvalue weighted by Crippen LogP contribution is 2.51. The van der Waals surface area contributed by atoms with Gasteiger partial charge < -0.3 is 42.6 Å². The van der Waals surface area contributed by atoms with Gasteiger partial charge in [-0.05, 0) is 80.6 Å². The van der Waals surface area contributed by atoms with Gasteiger partial charge in [0.1, 0.15) is 24.9 Å². The van der Waals surface area contributed by atoms with E-state index in [0.717, 1.165) is 11.1 Å². The first kappa shape index (κ1) is 41.8. The normalized spacial score (nSPS) is 12.2. The summed E-state index contributed by atoms with van der Waals surface area (Å²) in [5, 5.41) is 0.917. The first-order valence-electron chi connectivity index (χ1n) is 15.8. The number of ether oxygens (including phenoxy) is 9. The summed E-state index contributed by atoms with van der Waals surface area (Å²) in [6.07, 6.45) is -5.65. The molecule has 0 aliphatic carbocycles. The molecule has 0 radical (unpaired) electrons. The van der Waals surface area contributed by atoms with E-state index in [9.17, 15) is 13.2 Å². The van der Waals surface area contributed by atoms with Crippen LogP contribution in [0.2, 0.25) is 10.0 Å². The Labute approximate surface area is 318 Å². The van der Waals surface area contributed by atoms with E-state index in [1.165, 1.54) is 37.4 Å². The third-order valence-electron chi connectivity index (χ3n) is 7.41. The predicted octanol–water partition coefficient (Wildman–Crippen LogP) is 9.74. The lowest BCUT2D eigenvalue weighted by atomic mass is 9.91. The third kappa shape index (κ3) is 12.0. The maximum absolute atomic E-state index is 14.9. The van der Waals surface area contributed by atoms with Crippen molar-refractivity contribution in [2.24, 2.45) is 0 Å². The van der Waals surface area contributed by atoms with E-state index in [1.54, 1.807) is 38.5 Å². The van der Waals surface area contributed by atoms with Crippen LogP contribution in [-0.4, -0.2) is 81.0 Å². The van der Waals surface area contributed by atoms with Gasteiger partial charge in [-0.25, -0.2) is 0 Å². The van der Waals surface area contributed by atoms with Gasteiger partial charge in [0.25, 0.3) is 0 Å². The summed E-state index contributed by atoms with van der Waals surface area (Å²) in [5.41, 5.74) is 1.40. The van der Waals surface area contributed by atoms with Crippen molar-refractivity contribution in [1.29, 1.82) is 0 Å². The van der Waals surface area contributed by atoms with Gasteiger partial charge in [0.15, 0.2) is 19.9 Å². The largest absolute Gasteiger partial charge is 0.467 e. The van der Waals surface area contributed by atoms with Crippen molar-refractivity contribution in [3.8, 4) is 44.9 Å². The Bertz CT molecular complexity index is 1690. The Morgan fingerprint density at radius 3 is 1.81 bits per heavy atom. The number of rotatable bonds is 21. The zero-order valence-electron chi connectivity index (χ0n) is 28.6. The lowest BCUT2D eigenvalue weighted by Crippen LogP contribution is -2.25. The number of hydrogen-bond donors (Lipinski definition) is 0. The molecule has 0 saturated heterocycles. The fourth-order valence-electron chi connectivity index (χ4n) is 4.86. The summed E-state index contributed by atoms with van der Waals surface area (Å²) in [4.78, 5) is 0. The monoisotopic (exact) mass is 832 g/mol. The quantitative estimate of drug-likeness (QED) is 0.0602. The summed E-state index contributed by atoms with van der Waals surface area (Å²) in [5.74, 6) is 0.164. The van der Waals surface area contributed by atoms with Gasteiger partial charge in [-0.15, -0.1) is 0 Å². The molecule has 15 heteroatoms. The Hall–Kier alpha value is -2.95. The number of halogens is 6. The minimum Gasteiger partial charge on any atom is -0.467 e. The standard InChI is InChI=1S/C37H38BrCl2F3O9/c1-44-14-16-47-21-50-32-13-8-26(24-4-9-27(39)10-5-24)18-30(32)31-19-29(25-6-11-28(40)12-7-25)34(37(41,42)43)35(38)36(31)52-23-49-20-33(46-3)51-22-48-17-15-45-2/h4-13,18-19,33H,14-17,20-23H2,1-3H3. The molecule has 0 saturated carbocycles. The van der Waals surface area contributed by atoms with E-state index in [1.807, 2.05) is 18.2 Å². The molecule has 0 fully saturated rings. The smallest absolute Gasteiger partial charge is 0.418 e. The molecule has 0 heterocycles. The van der Waals surface area contributed by atoms with Gasteiger partial charge in [0.2, 0.25) is 0 Å². The molecular weight excluding hydrogens is 796 g/mol. The van der Waals surface area contributed by atoms with Crippen LogP contribution in [0.3, 0.4) is 0 Å².